The first-order chi connectivity index (χ1) is 12.3. The van der Waals surface area contributed by atoms with E-state index in [0.717, 1.165) is 29.2 Å². The van der Waals surface area contributed by atoms with Crippen molar-refractivity contribution in [3.63, 3.8) is 0 Å². The number of para-hydroxylation sites is 1. The molecule has 0 bridgehead atoms. The van der Waals surface area contributed by atoms with Crippen LogP contribution in [-0.4, -0.2) is 7.11 Å². The normalized spacial score (nSPS) is 10.2. The van der Waals surface area contributed by atoms with Crippen LogP contribution in [0.3, 0.4) is 0 Å². The molecule has 138 valence electrons. The fourth-order valence-electron chi connectivity index (χ4n) is 2.52. The molecule has 3 rings (SSSR count). The first-order valence-corrected chi connectivity index (χ1v) is 9.29. The van der Waals surface area contributed by atoms with E-state index in [0.29, 0.717) is 18.2 Å². The molecule has 0 saturated carbocycles. The number of rotatable bonds is 8. The molecule has 1 heterocycles. The summed E-state index contributed by atoms with van der Waals surface area (Å²) in [5.41, 5.74) is 2.01. The van der Waals surface area contributed by atoms with Crippen LogP contribution < -0.4 is 27.2 Å². The summed E-state index contributed by atoms with van der Waals surface area (Å²) >= 11 is 7.97. The van der Waals surface area contributed by atoms with Crippen LogP contribution >= 0.6 is 22.9 Å². The lowest BCUT2D eigenvalue weighted by Crippen LogP contribution is -3.00. The van der Waals surface area contributed by atoms with Crippen LogP contribution in [0.2, 0.25) is 5.02 Å². The van der Waals surface area contributed by atoms with Gasteiger partial charge in [-0.25, -0.2) is 0 Å². The number of hydrogen-bond acceptors (Lipinski definition) is 4. The van der Waals surface area contributed by atoms with Crippen molar-refractivity contribution in [3.8, 4) is 11.5 Å². The topological polar surface area (TPSA) is 30.5 Å². The van der Waals surface area contributed by atoms with E-state index in [2.05, 4.69) is 22.8 Å². The number of benzene rings is 2. The molecule has 26 heavy (non-hydrogen) atoms. The lowest BCUT2D eigenvalue weighted by molar-refractivity contribution is -0.00000541. The quantitative estimate of drug-likeness (QED) is 0.620. The highest BCUT2D eigenvalue weighted by atomic mass is 35.5. The van der Waals surface area contributed by atoms with Gasteiger partial charge < -0.3 is 27.2 Å². The predicted octanol–water partition coefficient (Wildman–Crippen LogP) is 2.28. The maximum atomic E-state index is 6.22. The summed E-state index contributed by atoms with van der Waals surface area (Å²) in [4.78, 5) is 1.31. The lowest BCUT2D eigenvalue weighted by atomic mass is 10.1. The molecule has 0 aliphatic heterocycles. The lowest BCUT2D eigenvalue weighted by Gasteiger charge is -2.16. The van der Waals surface area contributed by atoms with Gasteiger partial charge in [-0.3, -0.25) is 0 Å². The summed E-state index contributed by atoms with van der Waals surface area (Å²) in [5.74, 6) is 1.48. The molecule has 0 aliphatic carbocycles. The minimum absolute atomic E-state index is 0. The van der Waals surface area contributed by atoms with Crippen LogP contribution in [0.25, 0.3) is 0 Å². The monoisotopic (exact) mass is 408 g/mol. The Kier molecular flexibility index (Phi) is 8.26. The number of halogens is 2. The molecule has 0 saturated heterocycles. The third kappa shape index (κ3) is 5.39. The van der Waals surface area contributed by atoms with E-state index >= 15 is 0 Å². The van der Waals surface area contributed by atoms with E-state index in [1.54, 1.807) is 18.4 Å². The van der Waals surface area contributed by atoms with Crippen molar-refractivity contribution in [2.75, 3.05) is 7.11 Å². The van der Waals surface area contributed by atoms with Crippen molar-refractivity contribution < 1.29 is 21.9 Å². The number of hydrogen-bond donors (Lipinski definition) is 1. The van der Waals surface area contributed by atoms with E-state index < -0.39 is 0 Å². The summed E-state index contributed by atoms with van der Waals surface area (Å²) in [5, 5.41) is 6.24. The molecule has 3 aromatic rings. The highest BCUT2D eigenvalue weighted by molar-refractivity contribution is 7.09. The minimum atomic E-state index is 0. The van der Waals surface area contributed by atoms with Crippen molar-refractivity contribution in [2.45, 2.75) is 19.7 Å². The van der Waals surface area contributed by atoms with Crippen molar-refractivity contribution in [3.05, 3.63) is 81.0 Å². The molecule has 0 atom stereocenters. The Labute approximate surface area is 169 Å². The van der Waals surface area contributed by atoms with Gasteiger partial charge in [0, 0.05) is 34.1 Å². The Morgan fingerprint density at radius 2 is 1.77 bits per heavy atom. The van der Waals surface area contributed by atoms with Crippen molar-refractivity contribution in [1.82, 2.24) is 5.32 Å². The van der Waals surface area contributed by atoms with Gasteiger partial charge >= 0.3 is 0 Å². The van der Waals surface area contributed by atoms with Gasteiger partial charge in [-0.1, -0.05) is 48.0 Å². The molecule has 1 aromatic heterocycles. The Hall–Kier alpha value is -1.72. The van der Waals surface area contributed by atoms with Gasteiger partial charge in [-0.15, -0.1) is 11.3 Å². The Morgan fingerprint density at radius 1 is 0.962 bits per heavy atom. The number of thiophene rings is 1. The molecule has 0 amide bonds. The minimum Gasteiger partial charge on any atom is -1.00 e. The SMILES string of the molecule is COc1cccc(CNCc2cccs2)c1OCc1ccccc1Cl.[Cl-]. The summed E-state index contributed by atoms with van der Waals surface area (Å²) in [6, 6.07) is 17.8. The van der Waals surface area contributed by atoms with Gasteiger partial charge in [0.05, 0.1) is 7.11 Å². The Morgan fingerprint density at radius 3 is 2.50 bits per heavy atom. The van der Waals surface area contributed by atoms with Crippen LogP contribution in [0.5, 0.6) is 11.5 Å². The number of ether oxygens (including phenoxy) is 2. The summed E-state index contributed by atoms with van der Waals surface area (Å²) in [6.07, 6.45) is 0. The molecule has 0 spiro atoms. The second-order valence-corrected chi connectivity index (χ2v) is 6.95. The third-order valence-electron chi connectivity index (χ3n) is 3.80. The summed E-state index contributed by atoms with van der Waals surface area (Å²) < 4.78 is 11.5. The maximum Gasteiger partial charge on any atom is 0.166 e. The molecule has 0 unspecified atom stereocenters. The third-order valence-corrected chi connectivity index (χ3v) is 5.05. The Balaban J connectivity index is 0.00000243. The molecule has 2 aromatic carbocycles. The molecule has 0 radical (unpaired) electrons. The van der Waals surface area contributed by atoms with E-state index in [9.17, 15) is 0 Å². The van der Waals surface area contributed by atoms with Crippen LogP contribution in [0, 0.1) is 0 Å². The van der Waals surface area contributed by atoms with Gasteiger partial charge in [-0.05, 0) is 23.6 Å². The maximum absolute atomic E-state index is 6.22. The first kappa shape index (κ1) is 20.6. The molecule has 3 nitrogen and oxygen atoms in total. The van der Waals surface area contributed by atoms with Crippen molar-refractivity contribution in [1.29, 1.82) is 0 Å². The fourth-order valence-corrected chi connectivity index (χ4v) is 3.39. The van der Waals surface area contributed by atoms with Crippen molar-refractivity contribution in [2.24, 2.45) is 0 Å². The molecule has 1 N–H and O–H groups in total. The largest absolute Gasteiger partial charge is 1.00 e. The molecular formula is C20H20Cl2NO2S-. The molecule has 0 aliphatic rings. The fraction of sp³-hybridized carbons (Fsp3) is 0.200. The van der Waals surface area contributed by atoms with Crippen LogP contribution in [0.4, 0.5) is 0 Å². The number of nitrogens with one attached hydrogen (secondary N) is 1. The van der Waals surface area contributed by atoms with Crippen LogP contribution in [0.1, 0.15) is 16.0 Å². The van der Waals surface area contributed by atoms with E-state index in [-0.39, 0.29) is 12.4 Å². The zero-order chi connectivity index (χ0) is 17.5. The highest BCUT2D eigenvalue weighted by Gasteiger charge is 2.11. The summed E-state index contributed by atoms with van der Waals surface area (Å²) in [6.45, 7) is 1.93. The summed E-state index contributed by atoms with van der Waals surface area (Å²) in [7, 11) is 1.65. The second-order valence-electron chi connectivity index (χ2n) is 5.51. The van der Waals surface area contributed by atoms with Crippen LogP contribution in [-0.2, 0) is 19.7 Å². The molecular weight excluding hydrogens is 389 g/mol. The Bertz CT molecular complexity index is 809. The highest BCUT2D eigenvalue weighted by Crippen LogP contribution is 2.32. The van der Waals surface area contributed by atoms with E-state index in [4.69, 9.17) is 21.1 Å². The predicted molar refractivity (Wildman–Crippen MR) is 104 cm³/mol. The van der Waals surface area contributed by atoms with Gasteiger partial charge in [0.1, 0.15) is 6.61 Å². The van der Waals surface area contributed by atoms with Gasteiger partial charge in [0.25, 0.3) is 0 Å². The van der Waals surface area contributed by atoms with E-state index in [1.165, 1.54) is 4.88 Å². The zero-order valence-electron chi connectivity index (χ0n) is 14.4. The number of methoxy groups -OCH3 is 1. The van der Waals surface area contributed by atoms with Gasteiger partial charge in [0.2, 0.25) is 0 Å². The van der Waals surface area contributed by atoms with E-state index in [1.807, 2.05) is 42.5 Å². The average Bonchev–Trinajstić information content (AvgIpc) is 3.15. The molecule has 0 fully saturated rings. The zero-order valence-corrected chi connectivity index (χ0v) is 16.7. The van der Waals surface area contributed by atoms with Crippen molar-refractivity contribution >= 4 is 22.9 Å². The first-order valence-electron chi connectivity index (χ1n) is 8.03. The van der Waals surface area contributed by atoms with Gasteiger partial charge in [-0.2, -0.15) is 0 Å². The smallest absolute Gasteiger partial charge is 0.166 e. The second kappa shape index (κ2) is 10.4. The standard InChI is InChI=1S/C20H20ClNO2S.ClH/c1-23-19-10-4-7-15(12-22-13-17-8-5-11-25-17)20(19)24-14-16-6-2-3-9-18(16)21;/h2-11,22H,12-14H2,1H3;1H/p-1. The van der Waals surface area contributed by atoms with Gasteiger partial charge in [0.15, 0.2) is 11.5 Å². The average molecular weight is 409 g/mol. The van der Waals surface area contributed by atoms with Crippen LogP contribution in [0.15, 0.2) is 60.0 Å². The molecule has 6 heteroatoms.